The van der Waals surface area contributed by atoms with Crippen molar-refractivity contribution in [1.82, 2.24) is 4.90 Å². The van der Waals surface area contributed by atoms with Crippen molar-refractivity contribution in [2.45, 2.75) is 45.2 Å². The van der Waals surface area contributed by atoms with Crippen LogP contribution in [0, 0.1) is 0 Å². The average Bonchev–Trinajstić information content (AvgIpc) is 3.09. The van der Waals surface area contributed by atoms with Crippen LogP contribution in [0.25, 0.3) is 11.1 Å². The van der Waals surface area contributed by atoms with E-state index in [1.165, 1.54) is 39.0 Å². The monoisotopic (exact) mass is 415 g/mol. The van der Waals surface area contributed by atoms with E-state index in [1.807, 2.05) is 4.90 Å². The minimum absolute atomic E-state index is 0.0312. The molecule has 4 nitrogen and oxygen atoms in total. The summed E-state index contributed by atoms with van der Waals surface area (Å²) in [7, 11) is 0. The zero-order valence-corrected chi connectivity index (χ0v) is 18.4. The summed E-state index contributed by atoms with van der Waals surface area (Å²) in [6, 6.07) is 16.8. The highest BCUT2D eigenvalue weighted by Gasteiger charge is 2.39. The van der Waals surface area contributed by atoms with Crippen LogP contribution in [0.4, 0.5) is 4.79 Å². The molecule has 2 atom stereocenters. The standard InChI is InChI=1S/C27H29NO3/c1-17(2)18(3)19-12-20-14-30-15-21(13-19)28(20)27(29)31-16-26-24-10-6-4-8-22(24)23-9-5-7-11-25(23)26/h4-12,20-21,26H,13-16H2,1-3H3. The summed E-state index contributed by atoms with van der Waals surface area (Å²) in [5.41, 5.74) is 8.93. The van der Waals surface area contributed by atoms with Gasteiger partial charge in [-0.05, 0) is 60.6 Å². The van der Waals surface area contributed by atoms with Crippen molar-refractivity contribution in [3.8, 4) is 11.1 Å². The molecule has 2 unspecified atom stereocenters. The van der Waals surface area contributed by atoms with Gasteiger partial charge in [-0.15, -0.1) is 0 Å². The Labute approximate surface area is 184 Å². The highest BCUT2D eigenvalue weighted by molar-refractivity contribution is 5.79. The van der Waals surface area contributed by atoms with Crippen LogP contribution in [0.5, 0.6) is 0 Å². The van der Waals surface area contributed by atoms with Crippen molar-refractivity contribution in [2.75, 3.05) is 19.8 Å². The summed E-state index contributed by atoms with van der Waals surface area (Å²) in [5.74, 6) is 0.0799. The van der Waals surface area contributed by atoms with E-state index in [4.69, 9.17) is 9.47 Å². The van der Waals surface area contributed by atoms with Crippen molar-refractivity contribution in [1.29, 1.82) is 0 Å². The van der Waals surface area contributed by atoms with Gasteiger partial charge in [0.1, 0.15) is 6.61 Å². The maximum atomic E-state index is 13.2. The lowest BCUT2D eigenvalue weighted by molar-refractivity contribution is -0.0358. The van der Waals surface area contributed by atoms with Gasteiger partial charge in [0.2, 0.25) is 0 Å². The summed E-state index contributed by atoms with van der Waals surface area (Å²) in [4.78, 5) is 15.1. The molecule has 31 heavy (non-hydrogen) atoms. The number of hydrogen-bond donors (Lipinski definition) is 0. The first-order valence-electron chi connectivity index (χ1n) is 11.1. The van der Waals surface area contributed by atoms with Crippen LogP contribution in [-0.4, -0.2) is 42.9 Å². The molecule has 2 bridgehead atoms. The van der Waals surface area contributed by atoms with Crippen molar-refractivity contribution in [3.05, 3.63) is 82.5 Å². The molecule has 2 heterocycles. The summed E-state index contributed by atoms with van der Waals surface area (Å²) >= 11 is 0. The molecule has 5 rings (SSSR count). The molecule has 1 amide bonds. The van der Waals surface area contributed by atoms with Crippen LogP contribution in [0.1, 0.15) is 44.2 Å². The number of carbonyl (C=O) groups is 1. The molecular weight excluding hydrogens is 386 g/mol. The summed E-state index contributed by atoms with van der Waals surface area (Å²) < 4.78 is 11.7. The van der Waals surface area contributed by atoms with Gasteiger partial charge in [-0.1, -0.05) is 60.2 Å². The second kappa shape index (κ2) is 8.01. The number of nitrogens with zero attached hydrogens (tertiary/aromatic N) is 1. The molecule has 3 aliphatic rings. The molecule has 4 heteroatoms. The maximum Gasteiger partial charge on any atom is 0.410 e. The SMILES string of the molecule is CC(C)=C(C)C1=CC2COCC(C1)N2C(=O)OCC1c2ccccc2-c2ccccc21. The molecule has 160 valence electrons. The molecule has 1 saturated heterocycles. The fourth-order valence-electron chi connectivity index (χ4n) is 5.15. The Morgan fingerprint density at radius 1 is 1.00 bits per heavy atom. The van der Waals surface area contributed by atoms with Crippen LogP contribution in [0.2, 0.25) is 0 Å². The van der Waals surface area contributed by atoms with Gasteiger partial charge < -0.3 is 9.47 Å². The number of rotatable bonds is 3. The number of morpholine rings is 1. The molecule has 0 saturated carbocycles. The average molecular weight is 416 g/mol. The van der Waals surface area contributed by atoms with Gasteiger partial charge in [-0.25, -0.2) is 4.79 Å². The number of fused-ring (bicyclic) bond motifs is 5. The van der Waals surface area contributed by atoms with Gasteiger partial charge in [0, 0.05) is 5.92 Å². The quantitative estimate of drug-likeness (QED) is 0.646. The number of hydrogen-bond acceptors (Lipinski definition) is 3. The van der Waals surface area contributed by atoms with Gasteiger partial charge >= 0.3 is 6.09 Å². The van der Waals surface area contributed by atoms with Gasteiger partial charge in [0.25, 0.3) is 0 Å². The first-order chi connectivity index (χ1) is 15.0. The first-order valence-corrected chi connectivity index (χ1v) is 11.1. The number of amides is 1. The van der Waals surface area contributed by atoms with Gasteiger partial charge in [0.15, 0.2) is 0 Å². The molecular formula is C27H29NO3. The van der Waals surface area contributed by atoms with E-state index in [0.717, 1.165) is 6.42 Å². The number of carbonyl (C=O) groups excluding carboxylic acids is 1. The third-order valence-electron chi connectivity index (χ3n) is 6.98. The number of benzene rings is 2. The Morgan fingerprint density at radius 2 is 1.65 bits per heavy atom. The van der Waals surface area contributed by atoms with E-state index in [1.54, 1.807) is 0 Å². The Morgan fingerprint density at radius 3 is 2.26 bits per heavy atom. The third-order valence-corrected chi connectivity index (χ3v) is 6.98. The van der Waals surface area contributed by atoms with Crippen molar-refractivity contribution < 1.29 is 14.3 Å². The molecule has 0 aromatic heterocycles. The Hall–Kier alpha value is -2.85. The second-order valence-corrected chi connectivity index (χ2v) is 8.99. The molecule has 2 aromatic rings. The normalized spacial score (nSPS) is 21.8. The zero-order chi connectivity index (χ0) is 21.5. The first kappa shape index (κ1) is 20.1. The van der Waals surface area contributed by atoms with Crippen molar-refractivity contribution in [2.24, 2.45) is 0 Å². The minimum atomic E-state index is -0.231. The van der Waals surface area contributed by atoms with E-state index >= 15 is 0 Å². The summed E-state index contributed by atoms with van der Waals surface area (Å²) in [6.07, 6.45) is 2.78. The van der Waals surface area contributed by atoms with E-state index in [-0.39, 0.29) is 24.1 Å². The molecule has 1 aliphatic carbocycles. The van der Waals surface area contributed by atoms with Crippen LogP contribution in [0.3, 0.4) is 0 Å². The largest absolute Gasteiger partial charge is 0.448 e. The van der Waals surface area contributed by atoms with E-state index in [0.29, 0.717) is 19.8 Å². The van der Waals surface area contributed by atoms with Gasteiger partial charge in [-0.3, -0.25) is 4.90 Å². The van der Waals surface area contributed by atoms with Crippen LogP contribution < -0.4 is 0 Å². The predicted molar refractivity (Wildman–Crippen MR) is 122 cm³/mol. The smallest absolute Gasteiger partial charge is 0.410 e. The molecule has 0 radical (unpaired) electrons. The van der Waals surface area contributed by atoms with E-state index in [2.05, 4.69) is 75.4 Å². The third kappa shape index (κ3) is 3.49. The van der Waals surface area contributed by atoms with Crippen LogP contribution >= 0.6 is 0 Å². The molecule has 0 spiro atoms. The van der Waals surface area contributed by atoms with Crippen molar-refractivity contribution in [3.63, 3.8) is 0 Å². The highest BCUT2D eigenvalue weighted by atomic mass is 16.6. The second-order valence-electron chi connectivity index (χ2n) is 8.99. The van der Waals surface area contributed by atoms with Crippen molar-refractivity contribution >= 4 is 6.09 Å². The predicted octanol–water partition coefficient (Wildman–Crippen LogP) is 5.69. The Balaban J connectivity index is 1.35. The number of allylic oxidation sites excluding steroid dienone is 2. The highest BCUT2D eigenvalue weighted by Crippen LogP contribution is 2.44. The van der Waals surface area contributed by atoms with Gasteiger partial charge in [0.05, 0.1) is 25.3 Å². The van der Waals surface area contributed by atoms with Crippen LogP contribution in [-0.2, 0) is 9.47 Å². The lowest BCUT2D eigenvalue weighted by atomic mass is 9.89. The summed E-state index contributed by atoms with van der Waals surface area (Å²) in [5, 5.41) is 0. The Kier molecular flexibility index (Phi) is 5.19. The minimum Gasteiger partial charge on any atom is -0.448 e. The van der Waals surface area contributed by atoms with E-state index in [9.17, 15) is 4.79 Å². The fourth-order valence-corrected chi connectivity index (χ4v) is 5.15. The summed E-state index contributed by atoms with van der Waals surface area (Å²) in [6.45, 7) is 7.89. The number of ether oxygens (including phenoxy) is 2. The topological polar surface area (TPSA) is 38.8 Å². The van der Waals surface area contributed by atoms with E-state index < -0.39 is 0 Å². The van der Waals surface area contributed by atoms with Crippen LogP contribution in [0.15, 0.2) is 71.3 Å². The molecule has 2 aliphatic heterocycles. The lowest BCUT2D eigenvalue weighted by Crippen LogP contribution is -2.56. The maximum absolute atomic E-state index is 13.2. The molecule has 1 fully saturated rings. The zero-order valence-electron chi connectivity index (χ0n) is 18.4. The Bertz CT molecular complexity index is 1030. The van der Waals surface area contributed by atoms with Gasteiger partial charge in [-0.2, -0.15) is 0 Å². The fraction of sp³-hybridized carbons (Fsp3) is 0.370. The molecule has 2 aromatic carbocycles. The molecule has 0 N–H and O–H groups in total. The lowest BCUT2D eigenvalue weighted by Gasteiger charge is -2.44.